The van der Waals surface area contributed by atoms with Gasteiger partial charge in [-0.1, -0.05) is 35.4 Å². The Kier molecular flexibility index (Phi) is 6.24. The first-order valence-electron chi connectivity index (χ1n) is 11.3. The van der Waals surface area contributed by atoms with Crippen molar-refractivity contribution in [1.82, 2.24) is 19.6 Å². The van der Waals surface area contributed by atoms with Crippen LogP contribution in [0.3, 0.4) is 0 Å². The standard InChI is InChI=1S/C26H24N4O5/c1-16-4-8-18(9-5-16)24(31)33-15-22-20(35-25(32)19-10-6-17(2)7-11-19)14-21(34-22)23-28-29-26-27-12-3-13-30(23)26/h3-13,20-22H,14-15H2,1-2H3/t20-,21-,22+/m0/s1. The molecule has 0 unspecified atom stereocenters. The number of hydrogen-bond acceptors (Lipinski definition) is 8. The van der Waals surface area contributed by atoms with Gasteiger partial charge in [0.1, 0.15) is 24.9 Å². The zero-order valence-corrected chi connectivity index (χ0v) is 19.3. The SMILES string of the molecule is Cc1ccc(C(=O)OC[C@H]2O[C@H](c3nnc4ncccn34)C[C@@H]2OC(=O)c2ccc(C)cc2)cc1. The summed E-state index contributed by atoms with van der Waals surface area (Å²) in [5, 5.41) is 8.30. The molecule has 9 nitrogen and oxygen atoms in total. The van der Waals surface area contributed by atoms with Crippen LogP contribution in [0.4, 0.5) is 0 Å². The summed E-state index contributed by atoms with van der Waals surface area (Å²) in [6.45, 7) is 3.81. The Morgan fingerprint density at radius 3 is 2.31 bits per heavy atom. The molecular formula is C26H24N4O5. The van der Waals surface area contributed by atoms with Gasteiger partial charge in [0.2, 0.25) is 0 Å². The molecule has 2 aromatic carbocycles. The third-order valence-electron chi connectivity index (χ3n) is 5.92. The number of esters is 2. The number of rotatable bonds is 6. The molecule has 2 aromatic heterocycles. The van der Waals surface area contributed by atoms with Crippen LogP contribution in [0.25, 0.3) is 5.78 Å². The first kappa shape index (κ1) is 22.7. The van der Waals surface area contributed by atoms with Crippen molar-refractivity contribution in [2.75, 3.05) is 6.61 Å². The van der Waals surface area contributed by atoms with Crippen molar-refractivity contribution in [3.05, 3.63) is 95.1 Å². The Bertz CT molecular complexity index is 1350. The average molecular weight is 473 g/mol. The second kappa shape index (κ2) is 9.63. The van der Waals surface area contributed by atoms with E-state index >= 15 is 0 Å². The summed E-state index contributed by atoms with van der Waals surface area (Å²) in [6.07, 6.45) is 1.91. The van der Waals surface area contributed by atoms with E-state index in [0.717, 1.165) is 11.1 Å². The summed E-state index contributed by atoms with van der Waals surface area (Å²) in [5.41, 5.74) is 2.96. The third kappa shape index (κ3) is 4.90. The van der Waals surface area contributed by atoms with E-state index in [1.807, 2.05) is 38.1 Å². The Labute approximate surface area is 201 Å². The van der Waals surface area contributed by atoms with Crippen molar-refractivity contribution in [3.8, 4) is 0 Å². The molecule has 3 heterocycles. The molecule has 0 aliphatic carbocycles. The summed E-state index contributed by atoms with van der Waals surface area (Å²) >= 11 is 0. The van der Waals surface area contributed by atoms with Crippen LogP contribution in [0.2, 0.25) is 0 Å². The minimum absolute atomic E-state index is 0.0793. The van der Waals surface area contributed by atoms with E-state index in [-0.39, 0.29) is 6.61 Å². The van der Waals surface area contributed by atoms with Gasteiger partial charge in [0.25, 0.3) is 5.78 Å². The highest BCUT2D eigenvalue weighted by Crippen LogP contribution is 2.34. The topological polar surface area (TPSA) is 105 Å². The minimum atomic E-state index is -0.673. The van der Waals surface area contributed by atoms with E-state index in [2.05, 4.69) is 15.2 Å². The molecular weight excluding hydrogens is 448 g/mol. The zero-order valence-electron chi connectivity index (χ0n) is 19.3. The van der Waals surface area contributed by atoms with Gasteiger partial charge in [0, 0.05) is 18.8 Å². The lowest BCUT2D eigenvalue weighted by molar-refractivity contribution is -0.0441. The molecule has 0 saturated carbocycles. The van der Waals surface area contributed by atoms with Gasteiger partial charge in [-0.15, -0.1) is 10.2 Å². The number of fused-ring (bicyclic) bond motifs is 1. The van der Waals surface area contributed by atoms with Crippen molar-refractivity contribution in [2.24, 2.45) is 0 Å². The number of aromatic nitrogens is 4. The second-order valence-electron chi connectivity index (χ2n) is 8.52. The fourth-order valence-corrected chi connectivity index (χ4v) is 3.96. The Hall–Kier alpha value is -4.11. The van der Waals surface area contributed by atoms with Crippen LogP contribution in [-0.4, -0.2) is 50.3 Å². The fourth-order valence-electron chi connectivity index (χ4n) is 3.96. The second-order valence-corrected chi connectivity index (χ2v) is 8.52. The van der Waals surface area contributed by atoms with Gasteiger partial charge < -0.3 is 14.2 Å². The summed E-state index contributed by atoms with van der Waals surface area (Å²) in [7, 11) is 0. The van der Waals surface area contributed by atoms with Gasteiger partial charge in [-0.2, -0.15) is 0 Å². The first-order valence-corrected chi connectivity index (χ1v) is 11.3. The minimum Gasteiger partial charge on any atom is -0.459 e. The molecule has 178 valence electrons. The highest BCUT2D eigenvalue weighted by atomic mass is 16.6. The molecule has 1 fully saturated rings. The van der Waals surface area contributed by atoms with E-state index in [1.54, 1.807) is 47.1 Å². The number of carbonyl (C=O) groups excluding carboxylic acids is 2. The maximum Gasteiger partial charge on any atom is 0.338 e. The fraction of sp³-hybridized carbons (Fsp3) is 0.269. The molecule has 0 bridgehead atoms. The number of aryl methyl sites for hydroxylation is 2. The molecule has 1 saturated heterocycles. The molecule has 3 atom stereocenters. The maximum absolute atomic E-state index is 12.8. The molecule has 5 rings (SSSR count). The first-order chi connectivity index (χ1) is 17.0. The van der Waals surface area contributed by atoms with Crippen LogP contribution < -0.4 is 0 Å². The van der Waals surface area contributed by atoms with Crippen molar-refractivity contribution in [1.29, 1.82) is 0 Å². The van der Waals surface area contributed by atoms with Gasteiger partial charge >= 0.3 is 11.9 Å². The van der Waals surface area contributed by atoms with E-state index in [0.29, 0.717) is 29.1 Å². The molecule has 0 amide bonds. The monoisotopic (exact) mass is 472 g/mol. The Morgan fingerprint density at radius 1 is 0.971 bits per heavy atom. The average Bonchev–Trinajstić information content (AvgIpc) is 3.47. The Balaban J connectivity index is 1.34. The zero-order chi connectivity index (χ0) is 24.4. The van der Waals surface area contributed by atoms with Crippen molar-refractivity contribution >= 4 is 17.7 Å². The van der Waals surface area contributed by atoms with Crippen molar-refractivity contribution in [3.63, 3.8) is 0 Å². The summed E-state index contributed by atoms with van der Waals surface area (Å²) in [5.74, 6) is 0.0325. The lowest BCUT2D eigenvalue weighted by atomic mass is 10.1. The third-order valence-corrected chi connectivity index (χ3v) is 5.92. The van der Waals surface area contributed by atoms with E-state index < -0.39 is 30.3 Å². The summed E-state index contributed by atoms with van der Waals surface area (Å²) < 4.78 is 19.3. The number of nitrogens with zero attached hydrogens (tertiary/aromatic N) is 4. The van der Waals surface area contributed by atoms with Gasteiger partial charge in [0.05, 0.1) is 11.1 Å². The Morgan fingerprint density at radius 2 is 1.63 bits per heavy atom. The molecule has 1 aliphatic rings. The lowest BCUT2D eigenvalue weighted by Crippen LogP contribution is -2.32. The highest BCUT2D eigenvalue weighted by molar-refractivity contribution is 5.90. The van der Waals surface area contributed by atoms with Crippen LogP contribution >= 0.6 is 0 Å². The lowest BCUT2D eigenvalue weighted by Gasteiger charge is -2.19. The molecule has 9 heteroatoms. The summed E-state index contributed by atoms with van der Waals surface area (Å²) in [4.78, 5) is 29.6. The van der Waals surface area contributed by atoms with E-state index in [1.165, 1.54) is 0 Å². The van der Waals surface area contributed by atoms with Crippen LogP contribution in [-0.2, 0) is 14.2 Å². The van der Waals surface area contributed by atoms with Gasteiger partial charge in [0.15, 0.2) is 5.82 Å². The van der Waals surface area contributed by atoms with Crippen molar-refractivity contribution < 1.29 is 23.8 Å². The molecule has 4 aromatic rings. The highest BCUT2D eigenvalue weighted by Gasteiger charge is 2.41. The van der Waals surface area contributed by atoms with Gasteiger partial charge in [-0.3, -0.25) is 4.40 Å². The van der Waals surface area contributed by atoms with E-state index in [9.17, 15) is 9.59 Å². The predicted molar refractivity (Wildman–Crippen MR) is 125 cm³/mol. The van der Waals surface area contributed by atoms with E-state index in [4.69, 9.17) is 14.2 Å². The normalized spacial score (nSPS) is 19.5. The molecule has 0 radical (unpaired) electrons. The maximum atomic E-state index is 12.8. The number of carbonyl (C=O) groups is 2. The van der Waals surface area contributed by atoms with Gasteiger partial charge in [-0.05, 0) is 44.2 Å². The van der Waals surface area contributed by atoms with Crippen LogP contribution in [0.5, 0.6) is 0 Å². The molecule has 0 N–H and O–H groups in total. The van der Waals surface area contributed by atoms with Gasteiger partial charge in [-0.25, -0.2) is 14.6 Å². The number of hydrogen-bond donors (Lipinski definition) is 0. The quantitative estimate of drug-likeness (QED) is 0.392. The smallest absolute Gasteiger partial charge is 0.338 e. The molecule has 0 spiro atoms. The van der Waals surface area contributed by atoms with Crippen LogP contribution in [0, 0.1) is 13.8 Å². The molecule has 35 heavy (non-hydrogen) atoms. The summed E-state index contributed by atoms with van der Waals surface area (Å²) in [6, 6.07) is 16.0. The van der Waals surface area contributed by atoms with Crippen molar-refractivity contribution in [2.45, 2.75) is 38.6 Å². The largest absolute Gasteiger partial charge is 0.459 e. The van der Waals surface area contributed by atoms with Crippen LogP contribution in [0.15, 0.2) is 67.0 Å². The number of ether oxygens (including phenoxy) is 3. The number of benzene rings is 2. The van der Waals surface area contributed by atoms with Crippen LogP contribution in [0.1, 0.15) is 50.2 Å². The molecule has 1 aliphatic heterocycles. The predicted octanol–water partition coefficient (Wildman–Crippen LogP) is 3.65.